The molecule has 0 aliphatic rings. The van der Waals surface area contributed by atoms with Gasteiger partial charge in [-0.2, -0.15) is 0 Å². The summed E-state index contributed by atoms with van der Waals surface area (Å²) in [5.74, 6) is 0.220. The van der Waals surface area contributed by atoms with Gasteiger partial charge in [0.2, 0.25) is 5.76 Å². The SMILES string of the molecule is CN(Cc1nc2ccccc2[nH]1)C(=O)c1cc(Cc2cccc(F)c2)no1. The largest absolute Gasteiger partial charge is 0.351 e. The van der Waals surface area contributed by atoms with E-state index in [9.17, 15) is 9.18 Å². The predicted molar refractivity (Wildman–Crippen MR) is 97.6 cm³/mol. The highest BCUT2D eigenvalue weighted by Crippen LogP contribution is 2.15. The third kappa shape index (κ3) is 3.72. The Hall–Kier alpha value is -3.48. The summed E-state index contributed by atoms with van der Waals surface area (Å²) in [5.41, 5.74) is 3.11. The van der Waals surface area contributed by atoms with Crippen molar-refractivity contribution >= 4 is 16.9 Å². The molecular weight excluding hydrogens is 347 g/mol. The first kappa shape index (κ1) is 17.0. The Morgan fingerprint density at radius 3 is 2.85 bits per heavy atom. The molecule has 4 rings (SSSR count). The van der Waals surface area contributed by atoms with Gasteiger partial charge >= 0.3 is 0 Å². The van der Waals surface area contributed by atoms with Gasteiger partial charge in [-0.15, -0.1) is 0 Å². The summed E-state index contributed by atoms with van der Waals surface area (Å²) in [5, 5.41) is 3.92. The molecule has 1 amide bonds. The van der Waals surface area contributed by atoms with Crippen LogP contribution in [0.15, 0.2) is 59.1 Å². The molecule has 0 aliphatic heterocycles. The van der Waals surface area contributed by atoms with Crippen molar-refractivity contribution in [2.75, 3.05) is 7.05 Å². The maximum absolute atomic E-state index is 13.3. The Labute approximate surface area is 154 Å². The molecule has 136 valence electrons. The second-order valence-corrected chi connectivity index (χ2v) is 6.35. The number of para-hydroxylation sites is 2. The lowest BCUT2D eigenvalue weighted by Crippen LogP contribution is -2.26. The van der Waals surface area contributed by atoms with Crippen LogP contribution in [-0.4, -0.2) is 33.0 Å². The van der Waals surface area contributed by atoms with Crippen LogP contribution in [-0.2, 0) is 13.0 Å². The third-order valence-electron chi connectivity index (χ3n) is 4.22. The number of aromatic amines is 1. The number of nitrogens with one attached hydrogen (secondary N) is 1. The van der Waals surface area contributed by atoms with Crippen LogP contribution < -0.4 is 0 Å². The highest BCUT2D eigenvalue weighted by molar-refractivity contribution is 5.91. The normalized spacial score (nSPS) is 11.0. The average molecular weight is 364 g/mol. The van der Waals surface area contributed by atoms with Crippen LogP contribution in [0.2, 0.25) is 0 Å². The summed E-state index contributed by atoms with van der Waals surface area (Å²) in [4.78, 5) is 21.7. The molecule has 0 bridgehead atoms. The van der Waals surface area contributed by atoms with Crippen molar-refractivity contribution in [1.82, 2.24) is 20.0 Å². The summed E-state index contributed by atoms with van der Waals surface area (Å²) >= 11 is 0. The van der Waals surface area contributed by atoms with Crippen LogP contribution in [0.4, 0.5) is 4.39 Å². The van der Waals surface area contributed by atoms with Crippen LogP contribution in [0.5, 0.6) is 0 Å². The van der Waals surface area contributed by atoms with E-state index in [1.807, 2.05) is 24.3 Å². The molecule has 2 heterocycles. The molecule has 0 unspecified atom stereocenters. The van der Waals surface area contributed by atoms with Gasteiger partial charge in [0.1, 0.15) is 11.6 Å². The number of aromatic nitrogens is 3. The van der Waals surface area contributed by atoms with E-state index in [0.717, 1.165) is 16.6 Å². The molecule has 0 aliphatic carbocycles. The van der Waals surface area contributed by atoms with Crippen LogP contribution in [0.1, 0.15) is 27.6 Å². The van der Waals surface area contributed by atoms with Gasteiger partial charge in [-0.05, 0) is 29.8 Å². The standard InChI is InChI=1S/C20H17FN4O2/c1-25(12-19-22-16-7-2-3-8-17(16)23-19)20(26)18-11-15(24-27-18)10-13-5-4-6-14(21)9-13/h2-9,11H,10,12H2,1H3,(H,22,23). The molecule has 4 aromatic rings. The van der Waals surface area contributed by atoms with Gasteiger partial charge in [0.05, 0.1) is 23.3 Å². The lowest BCUT2D eigenvalue weighted by Gasteiger charge is -2.13. The first-order valence-electron chi connectivity index (χ1n) is 8.47. The number of imidazole rings is 1. The molecule has 0 spiro atoms. The van der Waals surface area contributed by atoms with Crippen molar-refractivity contribution in [3.05, 3.63) is 83.3 Å². The van der Waals surface area contributed by atoms with Crippen molar-refractivity contribution < 1.29 is 13.7 Å². The van der Waals surface area contributed by atoms with E-state index in [4.69, 9.17) is 4.52 Å². The highest BCUT2D eigenvalue weighted by atomic mass is 19.1. The Balaban J connectivity index is 1.45. The van der Waals surface area contributed by atoms with Gasteiger partial charge in [0.25, 0.3) is 5.91 Å². The zero-order valence-electron chi connectivity index (χ0n) is 14.6. The van der Waals surface area contributed by atoms with E-state index in [1.54, 1.807) is 25.2 Å². The number of hydrogen-bond donors (Lipinski definition) is 1. The molecule has 27 heavy (non-hydrogen) atoms. The van der Waals surface area contributed by atoms with E-state index < -0.39 is 0 Å². The van der Waals surface area contributed by atoms with Crippen LogP contribution in [0, 0.1) is 5.82 Å². The number of rotatable bonds is 5. The smallest absolute Gasteiger partial charge is 0.292 e. The van der Waals surface area contributed by atoms with Crippen molar-refractivity contribution in [3.8, 4) is 0 Å². The number of benzene rings is 2. The van der Waals surface area contributed by atoms with Gasteiger partial charge in [-0.1, -0.05) is 29.4 Å². The molecule has 0 saturated heterocycles. The maximum atomic E-state index is 13.3. The minimum Gasteiger partial charge on any atom is -0.351 e. The topological polar surface area (TPSA) is 75.0 Å². The molecule has 6 nitrogen and oxygen atoms in total. The van der Waals surface area contributed by atoms with E-state index >= 15 is 0 Å². The monoisotopic (exact) mass is 364 g/mol. The van der Waals surface area contributed by atoms with Crippen molar-refractivity contribution in [2.24, 2.45) is 0 Å². The summed E-state index contributed by atoms with van der Waals surface area (Å²) in [7, 11) is 1.67. The van der Waals surface area contributed by atoms with Crippen LogP contribution in [0.3, 0.4) is 0 Å². The lowest BCUT2D eigenvalue weighted by molar-refractivity contribution is 0.0740. The summed E-state index contributed by atoms with van der Waals surface area (Å²) in [6, 6.07) is 15.5. The number of carbonyl (C=O) groups excluding carboxylic acids is 1. The van der Waals surface area contributed by atoms with Gasteiger partial charge in [0.15, 0.2) is 0 Å². The van der Waals surface area contributed by atoms with Gasteiger partial charge in [-0.25, -0.2) is 9.37 Å². The summed E-state index contributed by atoms with van der Waals surface area (Å²) in [6.45, 7) is 0.313. The third-order valence-corrected chi connectivity index (χ3v) is 4.22. The lowest BCUT2D eigenvalue weighted by atomic mass is 10.1. The molecule has 0 radical (unpaired) electrons. The Kier molecular flexibility index (Phi) is 4.42. The first-order valence-corrected chi connectivity index (χ1v) is 8.47. The fourth-order valence-corrected chi connectivity index (χ4v) is 2.92. The highest BCUT2D eigenvalue weighted by Gasteiger charge is 2.19. The van der Waals surface area contributed by atoms with E-state index in [0.29, 0.717) is 24.5 Å². The van der Waals surface area contributed by atoms with Gasteiger partial charge in [-0.3, -0.25) is 4.79 Å². The second kappa shape index (κ2) is 7.03. The number of carbonyl (C=O) groups is 1. The quantitative estimate of drug-likeness (QED) is 0.588. The summed E-state index contributed by atoms with van der Waals surface area (Å²) in [6.07, 6.45) is 0.391. The first-order chi connectivity index (χ1) is 13.1. The predicted octanol–water partition coefficient (Wildman–Crippen LogP) is 3.55. The zero-order chi connectivity index (χ0) is 18.8. The molecular formula is C20H17FN4O2. The molecule has 0 fully saturated rings. The van der Waals surface area contributed by atoms with Crippen LogP contribution >= 0.6 is 0 Å². The zero-order valence-corrected chi connectivity index (χ0v) is 14.6. The molecule has 1 N–H and O–H groups in total. The molecule has 2 aromatic heterocycles. The fraction of sp³-hybridized carbons (Fsp3) is 0.150. The Morgan fingerprint density at radius 2 is 2.04 bits per heavy atom. The minimum atomic E-state index is -0.308. The van der Waals surface area contributed by atoms with Crippen molar-refractivity contribution in [2.45, 2.75) is 13.0 Å². The molecule has 7 heteroatoms. The van der Waals surface area contributed by atoms with E-state index in [-0.39, 0.29) is 17.5 Å². The molecule has 0 saturated carbocycles. The minimum absolute atomic E-state index is 0.139. The Bertz CT molecular complexity index is 1070. The fourth-order valence-electron chi connectivity index (χ4n) is 2.92. The number of halogens is 1. The molecule has 0 atom stereocenters. The number of hydrogen-bond acceptors (Lipinski definition) is 4. The Morgan fingerprint density at radius 1 is 1.19 bits per heavy atom. The number of H-pyrrole nitrogens is 1. The van der Waals surface area contributed by atoms with Gasteiger partial charge in [0, 0.05) is 19.5 Å². The summed E-state index contributed by atoms with van der Waals surface area (Å²) < 4.78 is 18.5. The number of amides is 1. The number of fused-ring (bicyclic) bond motifs is 1. The van der Waals surface area contributed by atoms with E-state index in [1.165, 1.54) is 17.0 Å². The average Bonchev–Trinajstić information content (AvgIpc) is 3.27. The van der Waals surface area contributed by atoms with E-state index in [2.05, 4.69) is 15.1 Å². The second-order valence-electron chi connectivity index (χ2n) is 6.35. The molecule has 2 aromatic carbocycles. The van der Waals surface area contributed by atoms with Crippen molar-refractivity contribution in [3.63, 3.8) is 0 Å². The van der Waals surface area contributed by atoms with Crippen molar-refractivity contribution in [1.29, 1.82) is 0 Å². The number of nitrogens with zero attached hydrogens (tertiary/aromatic N) is 3. The van der Waals surface area contributed by atoms with Gasteiger partial charge < -0.3 is 14.4 Å². The van der Waals surface area contributed by atoms with Crippen LogP contribution in [0.25, 0.3) is 11.0 Å². The maximum Gasteiger partial charge on any atom is 0.292 e.